The monoisotopic (exact) mass is 253 g/mol. The number of hydrogen-bond acceptors (Lipinski definition) is 5. The Kier molecular flexibility index (Phi) is 2.63. The molecule has 0 bridgehead atoms. The summed E-state index contributed by atoms with van der Waals surface area (Å²) in [5.41, 5.74) is 0.267. The second-order valence-corrected chi connectivity index (χ2v) is 4.44. The van der Waals surface area contributed by atoms with Crippen molar-refractivity contribution in [2.24, 2.45) is 0 Å². The molecule has 3 aromatic rings. The van der Waals surface area contributed by atoms with Crippen molar-refractivity contribution in [3.8, 4) is 17.6 Å². The van der Waals surface area contributed by atoms with Crippen LogP contribution in [0.25, 0.3) is 10.2 Å². The van der Waals surface area contributed by atoms with Crippen LogP contribution >= 0.6 is 11.3 Å². The molecule has 0 saturated carbocycles. The van der Waals surface area contributed by atoms with Crippen LogP contribution in [0.15, 0.2) is 42.0 Å². The smallest absolute Gasteiger partial charge is 0.183 e. The Morgan fingerprint density at radius 1 is 1.28 bits per heavy atom. The molecule has 3 heterocycles. The Morgan fingerprint density at radius 2 is 2.22 bits per heavy atom. The van der Waals surface area contributed by atoms with E-state index in [1.165, 1.54) is 0 Å². The molecule has 0 unspecified atom stereocenters. The zero-order chi connectivity index (χ0) is 12.4. The highest BCUT2D eigenvalue weighted by Crippen LogP contribution is 2.27. The topological polar surface area (TPSA) is 58.8 Å². The van der Waals surface area contributed by atoms with E-state index in [2.05, 4.69) is 9.97 Å². The van der Waals surface area contributed by atoms with Crippen molar-refractivity contribution in [3.63, 3.8) is 0 Å². The number of fused-ring (bicyclic) bond motifs is 1. The van der Waals surface area contributed by atoms with E-state index in [1.807, 2.05) is 23.6 Å². The Balaban J connectivity index is 1.98. The molecular weight excluding hydrogens is 246 g/mol. The Bertz CT molecular complexity index is 745. The SMILES string of the molecule is N#Cc1ncccc1Oc1cnc2sccc2c1. The molecule has 18 heavy (non-hydrogen) atoms. The maximum Gasteiger partial charge on any atom is 0.183 e. The highest BCUT2D eigenvalue weighted by Gasteiger charge is 2.06. The van der Waals surface area contributed by atoms with Gasteiger partial charge >= 0.3 is 0 Å². The zero-order valence-electron chi connectivity index (χ0n) is 9.20. The van der Waals surface area contributed by atoms with Crippen molar-refractivity contribution in [2.75, 3.05) is 0 Å². The molecule has 0 aliphatic carbocycles. The van der Waals surface area contributed by atoms with Gasteiger partial charge in [0, 0.05) is 11.6 Å². The molecule has 0 spiro atoms. The molecule has 0 fully saturated rings. The van der Waals surface area contributed by atoms with Gasteiger partial charge in [0.25, 0.3) is 0 Å². The van der Waals surface area contributed by atoms with E-state index in [9.17, 15) is 0 Å². The highest BCUT2D eigenvalue weighted by molar-refractivity contribution is 7.16. The molecule has 0 radical (unpaired) electrons. The molecule has 0 N–H and O–H groups in total. The fraction of sp³-hybridized carbons (Fsp3) is 0. The molecule has 0 aliphatic rings. The number of pyridine rings is 2. The minimum absolute atomic E-state index is 0.267. The molecule has 86 valence electrons. The molecular formula is C13H7N3OS. The Labute approximate surface area is 107 Å². The van der Waals surface area contributed by atoms with Crippen molar-refractivity contribution >= 4 is 21.6 Å². The van der Waals surface area contributed by atoms with Crippen LogP contribution in [0.4, 0.5) is 0 Å². The number of rotatable bonds is 2. The van der Waals surface area contributed by atoms with E-state index in [1.54, 1.807) is 35.9 Å². The predicted molar refractivity (Wildman–Crippen MR) is 68.6 cm³/mol. The van der Waals surface area contributed by atoms with Crippen LogP contribution in [-0.2, 0) is 0 Å². The van der Waals surface area contributed by atoms with Crippen molar-refractivity contribution in [2.45, 2.75) is 0 Å². The summed E-state index contributed by atoms with van der Waals surface area (Å²) in [5, 5.41) is 11.9. The minimum atomic E-state index is 0.267. The Hall–Kier alpha value is -2.45. The molecule has 3 rings (SSSR count). The number of ether oxygens (including phenoxy) is 1. The first kappa shape index (κ1) is 10.7. The maximum absolute atomic E-state index is 8.93. The predicted octanol–water partition coefficient (Wildman–Crippen LogP) is 3.36. The van der Waals surface area contributed by atoms with Gasteiger partial charge in [0.1, 0.15) is 16.6 Å². The average Bonchev–Trinajstić information content (AvgIpc) is 2.87. The third kappa shape index (κ3) is 1.90. The number of hydrogen-bond donors (Lipinski definition) is 0. The van der Waals surface area contributed by atoms with Gasteiger partial charge in [0.05, 0.1) is 6.20 Å². The summed E-state index contributed by atoms with van der Waals surface area (Å²) in [6.45, 7) is 0. The van der Waals surface area contributed by atoms with Crippen LogP contribution in [0.5, 0.6) is 11.5 Å². The van der Waals surface area contributed by atoms with Crippen LogP contribution in [0.1, 0.15) is 5.69 Å². The lowest BCUT2D eigenvalue weighted by atomic mass is 10.3. The highest BCUT2D eigenvalue weighted by atomic mass is 32.1. The lowest BCUT2D eigenvalue weighted by Gasteiger charge is -2.05. The first-order valence-corrected chi connectivity index (χ1v) is 6.11. The normalized spacial score (nSPS) is 10.2. The summed E-state index contributed by atoms with van der Waals surface area (Å²) in [5.74, 6) is 1.04. The van der Waals surface area contributed by atoms with Crippen molar-refractivity contribution in [1.29, 1.82) is 5.26 Å². The quantitative estimate of drug-likeness (QED) is 0.702. The molecule has 0 saturated heterocycles. The summed E-state index contributed by atoms with van der Waals surface area (Å²) in [7, 11) is 0. The minimum Gasteiger partial charge on any atom is -0.453 e. The van der Waals surface area contributed by atoms with Gasteiger partial charge in [-0.3, -0.25) is 0 Å². The second kappa shape index (κ2) is 4.43. The van der Waals surface area contributed by atoms with Crippen LogP contribution < -0.4 is 4.74 Å². The van der Waals surface area contributed by atoms with E-state index in [0.717, 1.165) is 10.2 Å². The van der Waals surface area contributed by atoms with Gasteiger partial charge in [-0.2, -0.15) is 5.26 Å². The van der Waals surface area contributed by atoms with Gasteiger partial charge < -0.3 is 4.74 Å². The fourth-order valence-corrected chi connectivity index (χ4v) is 2.30. The van der Waals surface area contributed by atoms with Crippen molar-refractivity contribution < 1.29 is 4.74 Å². The first-order valence-electron chi connectivity index (χ1n) is 5.23. The summed E-state index contributed by atoms with van der Waals surface area (Å²) >= 11 is 1.58. The summed E-state index contributed by atoms with van der Waals surface area (Å²) in [4.78, 5) is 9.19. The molecule has 0 amide bonds. The summed E-state index contributed by atoms with van der Waals surface area (Å²) in [6, 6.07) is 9.31. The Morgan fingerprint density at radius 3 is 3.11 bits per heavy atom. The third-order valence-corrected chi connectivity index (χ3v) is 3.22. The fourth-order valence-electron chi connectivity index (χ4n) is 1.58. The standard InChI is InChI=1S/C13H7N3OS/c14-7-11-12(2-1-4-15-11)17-10-6-9-3-5-18-13(9)16-8-10/h1-6,8H. The molecule has 0 atom stereocenters. The van der Waals surface area contributed by atoms with E-state index in [0.29, 0.717) is 11.5 Å². The number of thiophene rings is 1. The largest absolute Gasteiger partial charge is 0.453 e. The van der Waals surface area contributed by atoms with Crippen LogP contribution in [0.2, 0.25) is 0 Å². The van der Waals surface area contributed by atoms with Gasteiger partial charge in [-0.25, -0.2) is 9.97 Å². The molecule has 0 aliphatic heterocycles. The van der Waals surface area contributed by atoms with Crippen molar-refractivity contribution in [3.05, 3.63) is 47.7 Å². The number of nitriles is 1. The van der Waals surface area contributed by atoms with E-state index < -0.39 is 0 Å². The number of nitrogens with zero attached hydrogens (tertiary/aromatic N) is 3. The average molecular weight is 253 g/mol. The van der Waals surface area contributed by atoms with Gasteiger partial charge in [-0.05, 0) is 29.6 Å². The molecule has 4 nitrogen and oxygen atoms in total. The first-order chi connectivity index (χ1) is 8.86. The van der Waals surface area contributed by atoms with Crippen LogP contribution in [-0.4, -0.2) is 9.97 Å². The molecule has 3 aromatic heterocycles. The van der Waals surface area contributed by atoms with Crippen molar-refractivity contribution in [1.82, 2.24) is 9.97 Å². The van der Waals surface area contributed by atoms with E-state index >= 15 is 0 Å². The van der Waals surface area contributed by atoms with Gasteiger partial charge in [-0.15, -0.1) is 11.3 Å². The van der Waals surface area contributed by atoms with Crippen LogP contribution in [0.3, 0.4) is 0 Å². The van der Waals surface area contributed by atoms with E-state index in [-0.39, 0.29) is 5.69 Å². The summed E-state index contributed by atoms with van der Waals surface area (Å²) in [6.07, 6.45) is 3.21. The third-order valence-electron chi connectivity index (χ3n) is 2.39. The van der Waals surface area contributed by atoms with E-state index in [4.69, 9.17) is 10.00 Å². The maximum atomic E-state index is 8.93. The lowest BCUT2D eigenvalue weighted by Crippen LogP contribution is -1.90. The molecule has 5 heteroatoms. The zero-order valence-corrected chi connectivity index (χ0v) is 10.0. The van der Waals surface area contributed by atoms with Crippen LogP contribution in [0, 0.1) is 11.3 Å². The van der Waals surface area contributed by atoms with Gasteiger partial charge in [-0.1, -0.05) is 0 Å². The summed E-state index contributed by atoms with van der Waals surface area (Å²) < 4.78 is 5.64. The molecule has 0 aromatic carbocycles. The lowest BCUT2D eigenvalue weighted by molar-refractivity contribution is 0.477. The number of aromatic nitrogens is 2. The van der Waals surface area contributed by atoms with Gasteiger partial charge in [0.15, 0.2) is 11.4 Å². The second-order valence-electron chi connectivity index (χ2n) is 3.55. The van der Waals surface area contributed by atoms with Gasteiger partial charge in [0.2, 0.25) is 0 Å².